The Balaban J connectivity index is 1.65. The van der Waals surface area contributed by atoms with Crippen LogP contribution in [0.4, 0.5) is 5.95 Å². The predicted molar refractivity (Wildman–Crippen MR) is 115 cm³/mol. The van der Waals surface area contributed by atoms with Gasteiger partial charge in [-0.05, 0) is 58.2 Å². The second kappa shape index (κ2) is 8.54. The van der Waals surface area contributed by atoms with E-state index in [1.54, 1.807) is 4.68 Å². The van der Waals surface area contributed by atoms with Gasteiger partial charge in [0.05, 0.1) is 23.5 Å². The number of aromatic nitrogens is 3. The minimum Gasteiger partial charge on any atom is -0.490 e. The predicted octanol–water partition coefficient (Wildman–Crippen LogP) is 4.71. The molecule has 4 rings (SSSR count). The zero-order valence-corrected chi connectivity index (χ0v) is 18.7. The van der Waals surface area contributed by atoms with Crippen LogP contribution in [0.15, 0.2) is 51.7 Å². The van der Waals surface area contributed by atoms with E-state index in [4.69, 9.17) is 9.47 Å². The van der Waals surface area contributed by atoms with E-state index in [-0.39, 0.29) is 18.4 Å². The van der Waals surface area contributed by atoms with Crippen molar-refractivity contribution in [1.82, 2.24) is 14.8 Å². The summed E-state index contributed by atoms with van der Waals surface area (Å²) < 4.78 is 15.4. The summed E-state index contributed by atoms with van der Waals surface area (Å²) in [4.78, 5) is 16.2. The second-order valence-electron chi connectivity index (χ2n) is 6.47. The van der Waals surface area contributed by atoms with Gasteiger partial charge < -0.3 is 9.47 Å². The van der Waals surface area contributed by atoms with E-state index in [1.807, 2.05) is 43.3 Å². The average molecular weight is 522 g/mol. The summed E-state index contributed by atoms with van der Waals surface area (Å²) in [7, 11) is 0. The van der Waals surface area contributed by atoms with Crippen molar-refractivity contribution in [3.05, 3.63) is 62.8 Å². The summed E-state index contributed by atoms with van der Waals surface area (Å²) in [6.45, 7) is 2.82. The number of benzene rings is 2. The minimum absolute atomic E-state index is 0.0971. The molecule has 0 aliphatic carbocycles. The molecule has 0 radical (unpaired) electrons. The minimum atomic E-state index is -0.266. The Morgan fingerprint density at radius 3 is 2.76 bits per heavy atom. The topological polar surface area (TPSA) is 78.3 Å². The molecule has 150 valence electrons. The van der Waals surface area contributed by atoms with Crippen molar-refractivity contribution in [2.24, 2.45) is 0 Å². The summed E-state index contributed by atoms with van der Waals surface area (Å²) in [5.41, 5.74) is 1.93. The number of nitrogens with one attached hydrogen (secondary N) is 1. The van der Waals surface area contributed by atoms with Gasteiger partial charge in [0.1, 0.15) is 12.9 Å². The lowest BCUT2D eigenvalue weighted by Gasteiger charge is -2.25. The van der Waals surface area contributed by atoms with Crippen LogP contribution in [0, 0.1) is 0 Å². The van der Waals surface area contributed by atoms with Crippen LogP contribution >= 0.6 is 31.9 Å². The number of carbonyl (C=O) groups is 1. The van der Waals surface area contributed by atoms with E-state index in [9.17, 15) is 4.79 Å². The van der Waals surface area contributed by atoms with Crippen LogP contribution in [0.1, 0.15) is 30.5 Å². The highest BCUT2D eigenvalue weighted by atomic mass is 79.9. The van der Waals surface area contributed by atoms with E-state index in [1.165, 1.54) is 6.33 Å². The van der Waals surface area contributed by atoms with Crippen LogP contribution in [0.25, 0.3) is 0 Å². The van der Waals surface area contributed by atoms with Gasteiger partial charge in [0.25, 0.3) is 0 Å². The molecule has 0 saturated carbocycles. The number of carbonyl (C=O) groups excluding carboxylic acids is 1. The van der Waals surface area contributed by atoms with E-state index in [2.05, 4.69) is 47.3 Å². The number of anilines is 1. The number of amides is 1. The Morgan fingerprint density at radius 1 is 1.21 bits per heavy atom. The lowest BCUT2D eigenvalue weighted by atomic mass is 10.0. The Bertz CT molecular complexity index is 1040. The maximum atomic E-state index is 12.1. The molecule has 1 amide bonds. The van der Waals surface area contributed by atoms with Gasteiger partial charge in [-0.15, -0.1) is 0 Å². The first-order valence-electron chi connectivity index (χ1n) is 9.08. The van der Waals surface area contributed by atoms with Crippen molar-refractivity contribution in [3.8, 4) is 11.5 Å². The van der Waals surface area contributed by atoms with Crippen molar-refractivity contribution >= 4 is 43.7 Å². The van der Waals surface area contributed by atoms with Crippen molar-refractivity contribution in [3.63, 3.8) is 0 Å². The molecule has 1 atom stereocenters. The number of halogens is 2. The molecule has 2 heterocycles. The van der Waals surface area contributed by atoms with Gasteiger partial charge in [0.15, 0.2) is 11.5 Å². The number of hydrogen-bond donors (Lipinski definition) is 1. The molecule has 2 aromatic carbocycles. The lowest BCUT2D eigenvalue weighted by molar-refractivity contribution is -0.117. The number of nitrogens with zero attached hydrogens (tertiary/aromatic N) is 3. The molecule has 1 aromatic heterocycles. The van der Waals surface area contributed by atoms with Gasteiger partial charge in [-0.25, -0.2) is 4.68 Å². The smallest absolute Gasteiger partial charge is 0.229 e. The third-order valence-electron chi connectivity index (χ3n) is 4.51. The molecule has 7 nitrogen and oxygen atoms in total. The summed E-state index contributed by atoms with van der Waals surface area (Å²) >= 11 is 7.04. The van der Waals surface area contributed by atoms with Crippen LogP contribution < -0.4 is 14.8 Å². The zero-order valence-electron chi connectivity index (χ0n) is 15.6. The highest BCUT2D eigenvalue weighted by molar-refractivity contribution is 9.10. The summed E-state index contributed by atoms with van der Waals surface area (Å²) in [5, 5.41) is 6.99. The molecule has 9 heteroatoms. The maximum absolute atomic E-state index is 12.1. The molecule has 1 aliphatic rings. The number of hydrogen-bond acceptors (Lipinski definition) is 5. The number of ether oxygens (including phenoxy) is 2. The Morgan fingerprint density at radius 2 is 2.00 bits per heavy atom. The Kier molecular flexibility index (Phi) is 5.86. The Labute approximate surface area is 184 Å². The number of fused-ring (bicyclic) bond motifs is 1. The molecule has 1 N–H and O–H groups in total. The van der Waals surface area contributed by atoms with E-state index in [0.717, 1.165) is 20.1 Å². The quantitative estimate of drug-likeness (QED) is 0.508. The average Bonchev–Trinajstić information content (AvgIpc) is 3.16. The third-order valence-corrected chi connectivity index (χ3v) is 5.63. The Hall–Kier alpha value is -2.39. The monoisotopic (exact) mass is 520 g/mol. The van der Waals surface area contributed by atoms with E-state index >= 15 is 0 Å². The zero-order chi connectivity index (χ0) is 20.4. The fraction of sp³-hybridized carbons (Fsp3) is 0.250. The molecule has 0 spiro atoms. The molecule has 0 bridgehead atoms. The van der Waals surface area contributed by atoms with Crippen LogP contribution in [0.5, 0.6) is 11.5 Å². The SMILES string of the molecule is CCOc1cc([C@@H]2CC(=O)Nc3ncnn32)cc(Br)c1OCc1ccc(Br)cc1. The molecule has 3 aromatic rings. The highest BCUT2D eigenvalue weighted by Gasteiger charge is 2.29. The van der Waals surface area contributed by atoms with Gasteiger partial charge in [0.2, 0.25) is 11.9 Å². The fourth-order valence-corrected chi connectivity index (χ4v) is 4.02. The summed E-state index contributed by atoms with van der Waals surface area (Å²) in [6, 6.07) is 11.5. The number of rotatable bonds is 6. The van der Waals surface area contributed by atoms with Crippen LogP contribution in [0.3, 0.4) is 0 Å². The van der Waals surface area contributed by atoms with Crippen molar-refractivity contribution in [2.75, 3.05) is 11.9 Å². The fourth-order valence-electron chi connectivity index (χ4n) is 3.18. The first-order chi connectivity index (χ1) is 14.0. The third kappa shape index (κ3) is 4.30. The molecule has 29 heavy (non-hydrogen) atoms. The normalized spacial score (nSPS) is 15.6. The maximum Gasteiger partial charge on any atom is 0.229 e. The van der Waals surface area contributed by atoms with Gasteiger partial charge in [0, 0.05) is 4.47 Å². The van der Waals surface area contributed by atoms with Crippen LogP contribution in [0.2, 0.25) is 0 Å². The summed E-state index contributed by atoms with van der Waals surface area (Å²) in [5.74, 6) is 1.58. The molecule has 0 fully saturated rings. The lowest BCUT2D eigenvalue weighted by Crippen LogP contribution is -2.29. The first kappa shape index (κ1) is 19.9. The van der Waals surface area contributed by atoms with Crippen LogP contribution in [-0.2, 0) is 11.4 Å². The summed E-state index contributed by atoms with van der Waals surface area (Å²) in [6.07, 6.45) is 1.70. The molecule has 0 unspecified atom stereocenters. The highest BCUT2D eigenvalue weighted by Crippen LogP contribution is 2.41. The van der Waals surface area contributed by atoms with Gasteiger partial charge in [-0.2, -0.15) is 10.1 Å². The largest absolute Gasteiger partial charge is 0.490 e. The molecular formula is C20H18Br2N4O3. The standard InChI is InChI=1S/C20H18Br2N4O3/c1-2-28-17-8-13(16-9-18(27)25-20-23-11-24-26(16)20)7-15(22)19(17)29-10-12-3-5-14(21)6-4-12/h3-8,11,16H,2,9-10H2,1H3,(H,23,24,25,27)/t16-/m0/s1. The van der Waals surface area contributed by atoms with E-state index < -0.39 is 0 Å². The van der Waals surface area contributed by atoms with Crippen molar-refractivity contribution in [2.45, 2.75) is 26.0 Å². The molecular weight excluding hydrogens is 504 g/mol. The first-order valence-corrected chi connectivity index (χ1v) is 10.7. The molecule has 0 saturated heterocycles. The van der Waals surface area contributed by atoms with Crippen molar-refractivity contribution < 1.29 is 14.3 Å². The van der Waals surface area contributed by atoms with Crippen molar-refractivity contribution in [1.29, 1.82) is 0 Å². The van der Waals surface area contributed by atoms with Crippen LogP contribution in [-0.4, -0.2) is 27.3 Å². The van der Waals surface area contributed by atoms with Gasteiger partial charge in [-0.1, -0.05) is 28.1 Å². The second-order valence-corrected chi connectivity index (χ2v) is 8.24. The van der Waals surface area contributed by atoms with Gasteiger partial charge >= 0.3 is 0 Å². The van der Waals surface area contributed by atoms with E-state index in [0.29, 0.717) is 30.7 Å². The molecule has 1 aliphatic heterocycles. The van der Waals surface area contributed by atoms with Gasteiger partial charge in [-0.3, -0.25) is 10.1 Å².